The van der Waals surface area contributed by atoms with Crippen LogP contribution in [0.3, 0.4) is 0 Å². The Labute approximate surface area is 165 Å². The van der Waals surface area contributed by atoms with E-state index >= 15 is 0 Å². The molecule has 0 aliphatic heterocycles. The number of hydrogen-bond acceptors (Lipinski definition) is 4. The van der Waals surface area contributed by atoms with E-state index in [1.54, 1.807) is 6.07 Å². The Kier molecular flexibility index (Phi) is 6.34. The molecule has 3 rings (SSSR count). The molecule has 28 heavy (non-hydrogen) atoms. The van der Waals surface area contributed by atoms with Crippen molar-refractivity contribution in [1.82, 2.24) is 4.72 Å². The van der Waals surface area contributed by atoms with Crippen molar-refractivity contribution < 1.29 is 17.9 Å². The topological polar surface area (TPSA) is 84.5 Å². The van der Waals surface area contributed by atoms with Crippen molar-refractivity contribution in [3.63, 3.8) is 0 Å². The van der Waals surface area contributed by atoms with Crippen LogP contribution < -0.4 is 14.8 Å². The van der Waals surface area contributed by atoms with Crippen LogP contribution in [-0.2, 0) is 10.0 Å². The lowest BCUT2D eigenvalue weighted by Gasteiger charge is -2.17. The number of benzene rings is 2. The molecule has 0 aromatic heterocycles. The maximum atomic E-state index is 12.6. The minimum Gasteiger partial charge on any atom is -0.488 e. The highest BCUT2D eigenvalue weighted by Crippen LogP contribution is 2.30. The van der Waals surface area contributed by atoms with Gasteiger partial charge in [-0.3, -0.25) is 4.79 Å². The SMILES string of the molecule is C#CCNS(=O)(=O)c1ccc(C(=O)Nc2ccccc2OC2CCCC2)cc1. The average Bonchev–Trinajstić information content (AvgIpc) is 3.21. The minimum atomic E-state index is -3.69. The molecule has 6 nitrogen and oxygen atoms in total. The number of nitrogens with one attached hydrogen (secondary N) is 2. The van der Waals surface area contributed by atoms with Crippen molar-refractivity contribution in [3.05, 3.63) is 54.1 Å². The van der Waals surface area contributed by atoms with Gasteiger partial charge in [0.05, 0.1) is 23.2 Å². The minimum absolute atomic E-state index is 0.0456. The molecule has 0 bridgehead atoms. The van der Waals surface area contributed by atoms with Gasteiger partial charge in [0.1, 0.15) is 5.75 Å². The number of ether oxygens (including phenoxy) is 1. The number of rotatable bonds is 7. The third-order valence-corrected chi connectivity index (χ3v) is 5.94. The zero-order chi connectivity index (χ0) is 20.0. The fourth-order valence-electron chi connectivity index (χ4n) is 3.06. The van der Waals surface area contributed by atoms with Crippen LogP contribution in [0.1, 0.15) is 36.0 Å². The first-order valence-electron chi connectivity index (χ1n) is 9.10. The van der Waals surface area contributed by atoms with Crippen LogP contribution in [0.4, 0.5) is 5.69 Å². The quantitative estimate of drug-likeness (QED) is 0.702. The predicted octanol–water partition coefficient (Wildman–Crippen LogP) is 3.17. The lowest BCUT2D eigenvalue weighted by Crippen LogP contribution is -2.24. The zero-order valence-electron chi connectivity index (χ0n) is 15.4. The molecule has 2 aromatic rings. The van der Waals surface area contributed by atoms with Gasteiger partial charge in [0.25, 0.3) is 5.91 Å². The molecule has 0 radical (unpaired) electrons. The number of carbonyl (C=O) groups excluding carboxylic acids is 1. The molecular weight excluding hydrogens is 376 g/mol. The Hall–Kier alpha value is -2.82. The molecule has 1 saturated carbocycles. The number of sulfonamides is 1. The molecule has 1 aliphatic rings. The van der Waals surface area contributed by atoms with Crippen LogP contribution >= 0.6 is 0 Å². The van der Waals surface area contributed by atoms with E-state index < -0.39 is 10.0 Å². The summed E-state index contributed by atoms with van der Waals surface area (Å²) < 4.78 is 32.4. The summed E-state index contributed by atoms with van der Waals surface area (Å²) in [5.41, 5.74) is 0.929. The van der Waals surface area contributed by atoms with Crippen molar-refractivity contribution in [2.75, 3.05) is 11.9 Å². The van der Waals surface area contributed by atoms with E-state index in [1.165, 1.54) is 24.3 Å². The molecule has 1 amide bonds. The fourth-order valence-corrected chi connectivity index (χ4v) is 3.99. The molecule has 0 unspecified atom stereocenters. The van der Waals surface area contributed by atoms with Crippen molar-refractivity contribution in [3.8, 4) is 18.1 Å². The number of para-hydroxylation sites is 2. The van der Waals surface area contributed by atoms with Gasteiger partial charge in [0.2, 0.25) is 10.0 Å². The maximum Gasteiger partial charge on any atom is 0.255 e. The monoisotopic (exact) mass is 398 g/mol. The Bertz CT molecular complexity index is 972. The summed E-state index contributed by atoms with van der Waals surface area (Å²) in [6.07, 6.45) is 9.61. The molecule has 7 heteroatoms. The summed E-state index contributed by atoms with van der Waals surface area (Å²) in [4.78, 5) is 12.6. The van der Waals surface area contributed by atoms with Crippen molar-refractivity contribution in [1.29, 1.82) is 0 Å². The molecule has 1 aliphatic carbocycles. The van der Waals surface area contributed by atoms with Crippen LogP contribution in [0.2, 0.25) is 0 Å². The smallest absolute Gasteiger partial charge is 0.255 e. The third kappa shape index (κ3) is 4.91. The first kappa shape index (κ1) is 19.9. The molecule has 0 saturated heterocycles. The molecule has 1 fully saturated rings. The Morgan fingerprint density at radius 1 is 1.11 bits per heavy atom. The highest BCUT2D eigenvalue weighted by Gasteiger charge is 2.19. The van der Waals surface area contributed by atoms with Gasteiger partial charge in [-0.2, -0.15) is 4.72 Å². The Balaban J connectivity index is 1.71. The van der Waals surface area contributed by atoms with E-state index in [4.69, 9.17) is 11.2 Å². The fraction of sp³-hybridized carbons (Fsp3) is 0.286. The van der Waals surface area contributed by atoms with E-state index in [1.807, 2.05) is 18.2 Å². The van der Waals surface area contributed by atoms with Crippen molar-refractivity contribution in [2.24, 2.45) is 0 Å². The Morgan fingerprint density at radius 3 is 2.46 bits per heavy atom. The van der Waals surface area contributed by atoms with E-state index in [2.05, 4.69) is 16.0 Å². The van der Waals surface area contributed by atoms with Gasteiger partial charge in [0.15, 0.2) is 0 Å². The van der Waals surface area contributed by atoms with Gasteiger partial charge < -0.3 is 10.1 Å². The third-order valence-electron chi connectivity index (χ3n) is 4.52. The number of anilines is 1. The number of carbonyl (C=O) groups is 1. The normalized spacial score (nSPS) is 14.4. The second-order valence-electron chi connectivity index (χ2n) is 6.53. The summed E-state index contributed by atoms with van der Waals surface area (Å²) in [5, 5.41) is 2.84. The van der Waals surface area contributed by atoms with Crippen LogP contribution in [0.25, 0.3) is 0 Å². The Morgan fingerprint density at radius 2 is 1.79 bits per heavy atom. The van der Waals surface area contributed by atoms with E-state index in [0.29, 0.717) is 17.0 Å². The molecular formula is C21H22N2O4S. The van der Waals surface area contributed by atoms with Gasteiger partial charge in [-0.25, -0.2) is 8.42 Å². The van der Waals surface area contributed by atoms with Crippen molar-refractivity contribution in [2.45, 2.75) is 36.7 Å². The van der Waals surface area contributed by atoms with Gasteiger partial charge in [-0.05, 0) is 62.1 Å². The van der Waals surface area contributed by atoms with Crippen LogP contribution in [0.5, 0.6) is 5.75 Å². The second-order valence-corrected chi connectivity index (χ2v) is 8.29. The lowest BCUT2D eigenvalue weighted by atomic mass is 10.2. The van der Waals surface area contributed by atoms with Crippen molar-refractivity contribution >= 4 is 21.6 Å². The van der Waals surface area contributed by atoms with Gasteiger partial charge in [-0.15, -0.1) is 6.42 Å². The van der Waals surface area contributed by atoms with Crippen LogP contribution in [0, 0.1) is 12.3 Å². The average molecular weight is 398 g/mol. The zero-order valence-corrected chi connectivity index (χ0v) is 16.2. The second kappa shape index (κ2) is 8.91. The first-order chi connectivity index (χ1) is 13.5. The molecule has 0 heterocycles. The summed E-state index contributed by atoms with van der Waals surface area (Å²) in [6.45, 7) is -0.0949. The van der Waals surface area contributed by atoms with E-state index in [0.717, 1.165) is 25.7 Å². The predicted molar refractivity (Wildman–Crippen MR) is 108 cm³/mol. The molecule has 0 atom stereocenters. The molecule has 2 N–H and O–H groups in total. The lowest BCUT2D eigenvalue weighted by molar-refractivity contribution is 0.102. The highest BCUT2D eigenvalue weighted by atomic mass is 32.2. The molecule has 0 spiro atoms. The number of terminal acetylenes is 1. The standard InChI is InChI=1S/C21H22N2O4S/c1-2-15-22-28(25,26)18-13-11-16(12-14-18)21(24)23-19-9-5-6-10-20(19)27-17-7-3-4-8-17/h1,5-6,9-14,17,22H,3-4,7-8,15H2,(H,23,24). The van der Waals surface area contributed by atoms with Gasteiger partial charge in [-0.1, -0.05) is 18.1 Å². The summed E-state index contributed by atoms with van der Waals surface area (Å²) >= 11 is 0. The highest BCUT2D eigenvalue weighted by molar-refractivity contribution is 7.89. The number of amides is 1. The summed E-state index contributed by atoms with van der Waals surface area (Å²) in [6, 6.07) is 13.0. The van der Waals surface area contributed by atoms with E-state index in [9.17, 15) is 13.2 Å². The molecule has 2 aromatic carbocycles. The summed E-state index contributed by atoms with van der Waals surface area (Å²) in [5.74, 6) is 2.51. The first-order valence-corrected chi connectivity index (χ1v) is 10.6. The maximum absolute atomic E-state index is 12.6. The van der Waals surface area contributed by atoms with E-state index in [-0.39, 0.29) is 23.5 Å². The van der Waals surface area contributed by atoms with Crippen LogP contribution in [0.15, 0.2) is 53.4 Å². The number of hydrogen-bond donors (Lipinski definition) is 2. The molecule has 146 valence electrons. The van der Waals surface area contributed by atoms with Crippen LogP contribution in [-0.4, -0.2) is 27.0 Å². The largest absolute Gasteiger partial charge is 0.488 e. The summed E-state index contributed by atoms with van der Waals surface area (Å²) in [7, 11) is -3.69. The van der Waals surface area contributed by atoms with Gasteiger partial charge >= 0.3 is 0 Å². The van der Waals surface area contributed by atoms with Gasteiger partial charge in [0, 0.05) is 5.56 Å².